The number of rotatable bonds is 5. The number of nitrogens with two attached hydrogens (primary N) is 1. The van der Waals surface area contributed by atoms with E-state index in [1.807, 2.05) is 55.5 Å². The number of phenolic OH excluding ortho intramolecular Hbond substituents is 1. The van der Waals surface area contributed by atoms with Gasteiger partial charge in [0.2, 0.25) is 11.9 Å². The summed E-state index contributed by atoms with van der Waals surface area (Å²) in [6.45, 7) is 1.73. The topological polar surface area (TPSA) is 123 Å². The Kier molecular flexibility index (Phi) is 5.13. The molecule has 150 valence electrons. The molecule has 0 aliphatic heterocycles. The molecule has 0 amide bonds. The number of nitrogen functional groups attached to an aromatic ring is 1. The van der Waals surface area contributed by atoms with Crippen molar-refractivity contribution in [2.45, 2.75) is 13.5 Å². The molecule has 0 fully saturated rings. The minimum absolute atomic E-state index is 0.000635. The number of hydrogen-bond donors (Lipinski definition) is 3. The quantitative estimate of drug-likeness (QED) is 0.432. The summed E-state index contributed by atoms with van der Waals surface area (Å²) < 4.78 is 5.29. The number of nitrogens with one attached hydrogen (secondary N) is 1. The first kappa shape index (κ1) is 19.1. The van der Waals surface area contributed by atoms with Crippen LogP contribution in [0.5, 0.6) is 5.75 Å². The summed E-state index contributed by atoms with van der Waals surface area (Å²) in [4.78, 5) is 24.8. The van der Waals surface area contributed by atoms with Gasteiger partial charge in [0, 0.05) is 5.69 Å². The Hall–Kier alpha value is -4.20. The molecule has 0 bridgehead atoms. The molecule has 0 spiro atoms. The number of aryl methyl sites for hydroxylation is 1. The van der Waals surface area contributed by atoms with Crippen LogP contribution in [-0.4, -0.2) is 26.0 Å². The summed E-state index contributed by atoms with van der Waals surface area (Å²) in [7, 11) is 0. The number of aromatic hydroxyl groups is 1. The second-order valence-electron chi connectivity index (χ2n) is 6.67. The third kappa shape index (κ3) is 4.12. The van der Waals surface area contributed by atoms with Gasteiger partial charge < -0.3 is 20.9 Å². The maximum atomic E-state index is 12.5. The van der Waals surface area contributed by atoms with Crippen molar-refractivity contribution in [1.82, 2.24) is 15.0 Å². The summed E-state index contributed by atoms with van der Waals surface area (Å²) in [5.74, 6) is -0.411. The first-order valence-corrected chi connectivity index (χ1v) is 9.21. The van der Waals surface area contributed by atoms with E-state index in [4.69, 9.17) is 10.5 Å². The van der Waals surface area contributed by atoms with Crippen molar-refractivity contribution in [2.75, 3.05) is 11.1 Å². The fraction of sp³-hybridized carbons (Fsp3) is 0.0909. The van der Waals surface area contributed by atoms with Gasteiger partial charge in [0.05, 0.1) is 0 Å². The third-order valence-corrected chi connectivity index (χ3v) is 4.51. The molecule has 8 nitrogen and oxygen atoms in total. The van der Waals surface area contributed by atoms with Gasteiger partial charge in [0.25, 0.3) is 0 Å². The number of benzene rings is 3. The van der Waals surface area contributed by atoms with E-state index in [1.54, 1.807) is 6.07 Å². The number of aromatic nitrogens is 3. The minimum atomic E-state index is -0.689. The van der Waals surface area contributed by atoms with E-state index < -0.39 is 5.97 Å². The number of anilines is 3. The number of para-hydroxylation sites is 1. The van der Waals surface area contributed by atoms with E-state index in [1.165, 1.54) is 6.07 Å². The average molecular weight is 401 g/mol. The number of esters is 1. The van der Waals surface area contributed by atoms with Crippen LogP contribution in [-0.2, 0) is 11.3 Å². The van der Waals surface area contributed by atoms with Crippen LogP contribution in [0.4, 0.5) is 17.6 Å². The molecule has 0 aliphatic carbocycles. The van der Waals surface area contributed by atoms with Gasteiger partial charge in [-0.1, -0.05) is 42.5 Å². The van der Waals surface area contributed by atoms with E-state index in [0.29, 0.717) is 0 Å². The molecule has 0 aliphatic rings. The number of carbonyl (C=O) groups is 1. The highest BCUT2D eigenvalue weighted by Crippen LogP contribution is 2.26. The molecule has 0 saturated carbocycles. The Balaban J connectivity index is 1.51. The maximum absolute atomic E-state index is 12.5. The molecule has 1 aromatic heterocycles. The summed E-state index contributed by atoms with van der Waals surface area (Å²) in [6.07, 6.45) is 0. The molecule has 4 aromatic rings. The predicted octanol–water partition coefficient (Wildman–Crippen LogP) is 3.72. The highest BCUT2D eigenvalue weighted by atomic mass is 16.5. The van der Waals surface area contributed by atoms with Gasteiger partial charge in [-0.15, -0.1) is 0 Å². The third-order valence-electron chi connectivity index (χ3n) is 4.51. The fourth-order valence-electron chi connectivity index (χ4n) is 2.99. The number of ether oxygens (including phenoxy) is 1. The van der Waals surface area contributed by atoms with E-state index in [-0.39, 0.29) is 35.6 Å². The van der Waals surface area contributed by atoms with Crippen LogP contribution in [0.25, 0.3) is 10.8 Å². The Morgan fingerprint density at radius 3 is 2.50 bits per heavy atom. The summed E-state index contributed by atoms with van der Waals surface area (Å²) in [5, 5.41) is 14.9. The molecular weight excluding hydrogens is 382 g/mol. The molecular formula is C22H19N5O3. The minimum Gasteiger partial charge on any atom is -0.507 e. The molecule has 0 radical (unpaired) electrons. The molecule has 0 atom stereocenters. The van der Waals surface area contributed by atoms with Crippen LogP contribution in [0, 0.1) is 6.92 Å². The highest BCUT2D eigenvalue weighted by molar-refractivity contribution is 5.98. The van der Waals surface area contributed by atoms with Gasteiger partial charge in [-0.05, 0) is 41.5 Å². The Morgan fingerprint density at radius 1 is 1.03 bits per heavy atom. The van der Waals surface area contributed by atoms with Gasteiger partial charge in [-0.3, -0.25) is 0 Å². The van der Waals surface area contributed by atoms with Crippen molar-refractivity contribution in [3.05, 3.63) is 77.6 Å². The number of hydrogen-bond acceptors (Lipinski definition) is 8. The SMILES string of the molecule is Cc1ccccc1Nc1nc(N)nc(COC(=O)c2cc3ccccc3cc2O)n1. The van der Waals surface area contributed by atoms with E-state index >= 15 is 0 Å². The number of nitrogens with zero attached hydrogens (tertiary/aromatic N) is 3. The number of phenols is 1. The van der Waals surface area contributed by atoms with Crippen LogP contribution in [0.1, 0.15) is 21.7 Å². The lowest BCUT2D eigenvalue weighted by atomic mass is 10.1. The van der Waals surface area contributed by atoms with Crippen LogP contribution in [0.2, 0.25) is 0 Å². The van der Waals surface area contributed by atoms with E-state index in [9.17, 15) is 9.90 Å². The van der Waals surface area contributed by atoms with Crippen LogP contribution >= 0.6 is 0 Å². The lowest BCUT2D eigenvalue weighted by Crippen LogP contribution is -2.11. The van der Waals surface area contributed by atoms with Crippen LogP contribution in [0.15, 0.2) is 60.7 Å². The molecule has 3 aromatic carbocycles. The van der Waals surface area contributed by atoms with Crippen LogP contribution in [0.3, 0.4) is 0 Å². The monoisotopic (exact) mass is 401 g/mol. The molecule has 0 unspecified atom stereocenters. The van der Waals surface area contributed by atoms with Gasteiger partial charge in [-0.2, -0.15) is 15.0 Å². The zero-order valence-electron chi connectivity index (χ0n) is 16.2. The largest absolute Gasteiger partial charge is 0.507 e. The van der Waals surface area contributed by atoms with Gasteiger partial charge in [0.15, 0.2) is 12.4 Å². The summed E-state index contributed by atoms with van der Waals surface area (Å²) in [5.41, 5.74) is 7.67. The second kappa shape index (κ2) is 8.04. The molecule has 0 saturated heterocycles. The summed E-state index contributed by atoms with van der Waals surface area (Å²) in [6, 6.07) is 18.2. The molecule has 4 N–H and O–H groups in total. The average Bonchev–Trinajstić information content (AvgIpc) is 2.73. The smallest absolute Gasteiger partial charge is 0.342 e. The first-order valence-electron chi connectivity index (χ1n) is 9.21. The zero-order chi connectivity index (χ0) is 21.1. The Bertz CT molecular complexity index is 1240. The van der Waals surface area contributed by atoms with Gasteiger partial charge >= 0.3 is 5.97 Å². The van der Waals surface area contributed by atoms with Crippen molar-refractivity contribution < 1.29 is 14.6 Å². The van der Waals surface area contributed by atoms with Crippen molar-refractivity contribution in [1.29, 1.82) is 0 Å². The second-order valence-corrected chi connectivity index (χ2v) is 6.67. The normalized spacial score (nSPS) is 10.7. The summed E-state index contributed by atoms with van der Waals surface area (Å²) >= 11 is 0. The van der Waals surface area contributed by atoms with Gasteiger partial charge in [-0.25, -0.2) is 4.79 Å². The molecule has 1 heterocycles. The van der Waals surface area contributed by atoms with E-state index in [2.05, 4.69) is 20.3 Å². The lowest BCUT2D eigenvalue weighted by molar-refractivity contribution is 0.0459. The number of carbonyl (C=O) groups excluding carboxylic acids is 1. The van der Waals surface area contributed by atoms with Crippen molar-refractivity contribution in [2.24, 2.45) is 0 Å². The lowest BCUT2D eigenvalue weighted by Gasteiger charge is -2.10. The number of fused-ring (bicyclic) bond motifs is 1. The maximum Gasteiger partial charge on any atom is 0.342 e. The standard InChI is InChI=1S/C22H19N5O3/c1-13-6-2-5-9-17(13)24-22-26-19(25-21(23)27-22)12-30-20(29)16-10-14-7-3-4-8-15(14)11-18(16)28/h2-11,28H,12H2,1H3,(H3,23,24,25,26,27). The predicted molar refractivity (Wildman–Crippen MR) is 113 cm³/mol. The highest BCUT2D eigenvalue weighted by Gasteiger charge is 2.15. The fourth-order valence-corrected chi connectivity index (χ4v) is 2.99. The Morgan fingerprint density at radius 2 is 1.73 bits per heavy atom. The zero-order valence-corrected chi connectivity index (χ0v) is 16.2. The molecule has 4 rings (SSSR count). The Labute approximate surface area is 172 Å². The van der Waals surface area contributed by atoms with Crippen molar-refractivity contribution in [3.63, 3.8) is 0 Å². The first-order chi connectivity index (χ1) is 14.5. The van der Waals surface area contributed by atoms with E-state index in [0.717, 1.165) is 22.0 Å². The van der Waals surface area contributed by atoms with Crippen molar-refractivity contribution >= 4 is 34.3 Å². The van der Waals surface area contributed by atoms with Crippen LogP contribution < -0.4 is 11.1 Å². The molecule has 8 heteroatoms. The van der Waals surface area contributed by atoms with Gasteiger partial charge in [0.1, 0.15) is 11.3 Å². The van der Waals surface area contributed by atoms with Crippen molar-refractivity contribution in [3.8, 4) is 5.75 Å². The molecule has 30 heavy (non-hydrogen) atoms.